The summed E-state index contributed by atoms with van der Waals surface area (Å²) in [4.78, 5) is 4.38. The van der Waals surface area contributed by atoms with Crippen LogP contribution in [0.2, 0.25) is 5.02 Å². The number of benzene rings is 1. The number of hydrogen-bond acceptors (Lipinski definition) is 4. The Morgan fingerprint density at radius 2 is 2.16 bits per heavy atom. The molecule has 5 heteroatoms. The highest BCUT2D eigenvalue weighted by molar-refractivity contribution is 6.35. The molecule has 0 aliphatic carbocycles. The van der Waals surface area contributed by atoms with Gasteiger partial charge in [0.25, 0.3) is 0 Å². The lowest BCUT2D eigenvalue weighted by atomic mass is 10.1. The van der Waals surface area contributed by atoms with Crippen molar-refractivity contribution in [3.8, 4) is 11.3 Å². The van der Waals surface area contributed by atoms with Crippen LogP contribution in [-0.4, -0.2) is 16.7 Å². The molecule has 0 atom stereocenters. The molecule has 96 valence electrons. The Kier molecular flexibility index (Phi) is 3.19. The smallest absolute Gasteiger partial charge is 0.138 e. The van der Waals surface area contributed by atoms with Crippen molar-refractivity contribution in [3.63, 3.8) is 0 Å². The predicted molar refractivity (Wildman–Crippen MR) is 75.0 cm³/mol. The summed E-state index contributed by atoms with van der Waals surface area (Å²) >= 11 is 6.17. The van der Waals surface area contributed by atoms with E-state index in [2.05, 4.69) is 10.1 Å². The summed E-state index contributed by atoms with van der Waals surface area (Å²) in [5.41, 5.74) is 7.99. The minimum absolute atomic E-state index is 0.536. The van der Waals surface area contributed by atoms with Crippen LogP contribution in [0.1, 0.15) is 5.76 Å². The van der Waals surface area contributed by atoms with Gasteiger partial charge in [0.1, 0.15) is 11.5 Å². The van der Waals surface area contributed by atoms with Gasteiger partial charge in [-0.25, -0.2) is 0 Å². The molecule has 2 heterocycles. The topological polar surface area (TPSA) is 64.9 Å². The number of nitrogens with zero attached hydrogens (tertiary/aromatic N) is 2. The van der Waals surface area contributed by atoms with Gasteiger partial charge in [-0.15, -0.1) is 0 Å². The number of aromatic nitrogens is 2. The van der Waals surface area contributed by atoms with Crippen LogP contribution in [0, 0.1) is 0 Å². The SMILES string of the molecule is NCCc1cc(-c2ccc(Cl)c3cccnc23)no1. The van der Waals surface area contributed by atoms with Crippen LogP contribution < -0.4 is 5.73 Å². The fourth-order valence-corrected chi connectivity index (χ4v) is 2.26. The minimum atomic E-state index is 0.536. The van der Waals surface area contributed by atoms with Crippen molar-refractivity contribution in [1.82, 2.24) is 10.1 Å². The molecule has 0 amide bonds. The first-order valence-electron chi connectivity index (χ1n) is 5.99. The van der Waals surface area contributed by atoms with Crippen LogP contribution in [0.4, 0.5) is 0 Å². The van der Waals surface area contributed by atoms with E-state index in [0.717, 1.165) is 27.9 Å². The number of rotatable bonds is 3. The molecule has 0 unspecified atom stereocenters. The van der Waals surface area contributed by atoms with Gasteiger partial charge in [0.15, 0.2) is 0 Å². The molecule has 0 radical (unpaired) electrons. The molecule has 0 saturated heterocycles. The van der Waals surface area contributed by atoms with E-state index in [1.807, 2.05) is 30.3 Å². The Morgan fingerprint density at radius 1 is 1.26 bits per heavy atom. The van der Waals surface area contributed by atoms with Crippen LogP contribution in [0.15, 0.2) is 41.1 Å². The highest BCUT2D eigenvalue weighted by Crippen LogP contribution is 2.31. The van der Waals surface area contributed by atoms with Crippen molar-refractivity contribution in [2.75, 3.05) is 6.54 Å². The second kappa shape index (κ2) is 4.99. The Hall–Kier alpha value is -1.91. The third-order valence-electron chi connectivity index (χ3n) is 2.94. The summed E-state index contributed by atoms with van der Waals surface area (Å²) in [6, 6.07) is 9.44. The number of halogens is 1. The number of pyridine rings is 1. The number of nitrogens with two attached hydrogens (primary N) is 1. The van der Waals surface area contributed by atoms with Gasteiger partial charge < -0.3 is 10.3 Å². The largest absolute Gasteiger partial charge is 0.361 e. The van der Waals surface area contributed by atoms with E-state index in [0.29, 0.717) is 18.0 Å². The summed E-state index contributed by atoms with van der Waals surface area (Å²) < 4.78 is 5.25. The maximum absolute atomic E-state index is 6.17. The van der Waals surface area contributed by atoms with E-state index >= 15 is 0 Å². The number of fused-ring (bicyclic) bond motifs is 1. The molecular weight excluding hydrogens is 262 g/mol. The first-order chi connectivity index (χ1) is 9.29. The molecule has 0 aliphatic rings. The van der Waals surface area contributed by atoms with Crippen molar-refractivity contribution >= 4 is 22.5 Å². The summed E-state index contributed by atoms with van der Waals surface area (Å²) in [6.45, 7) is 0.536. The van der Waals surface area contributed by atoms with E-state index in [1.165, 1.54) is 0 Å². The summed E-state index contributed by atoms with van der Waals surface area (Å²) in [6.07, 6.45) is 2.41. The third-order valence-corrected chi connectivity index (χ3v) is 3.27. The standard InChI is InChI=1S/C14H12ClN3O/c15-12-4-3-11(14-10(12)2-1-7-17-14)13-8-9(5-6-16)19-18-13/h1-4,7-8H,5-6,16H2. The van der Waals surface area contributed by atoms with Gasteiger partial charge in [0.05, 0.1) is 10.5 Å². The van der Waals surface area contributed by atoms with Crippen LogP contribution >= 0.6 is 11.6 Å². The highest BCUT2D eigenvalue weighted by Gasteiger charge is 2.11. The van der Waals surface area contributed by atoms with Crippen molar-refractivity contribution in [2.45, 2.75) is 6.42 Å². The van der Waals surface area contributed by atoms with Gasteiger partial charge in [-0.05, 0) is 30.8 Å². The van der Waals surface area contributed by atoms with Gasteiger partial charge in [0.2, 0.25) is 0 Å². The van der Waals surface area contributed by atoms with Gasteiger partial charge in [-0.2, -0.15) is 0 Å². The Balaban J connectivity index is 2.16. The zero-order valence-electron chi connectivity index (χ0n) is 10.1. The van der Waals surface area contributed by atoms with E-state index in [9.17, 15) is 0 Å². The molecule has 3 aromatic rings. The molecule has 0 bridgehead atoms. The normalized spacial score (nSPS) is 11.1. The maximum atomic E-state index is 6.17. The second-order valence-electron chi connectivity index (χ2n) is 4.21. The van der Waals surface area contributed by atoms with Gasteiger partial charge in [-0.3, -0.25) is 4.98 Å². The summed E-state index contributed by atoms with van der Waals surface area (Å²) in [5, 5.41) is 5.66. The fourth-order valence-electron chi connectivity index (χ4n) is 2.04. The zero-order valence-corrected chi connectivity index (χ0v) is 10.9. The first kappa shape index (κ1) is 12.1. The van der Waals surface area contributed by atoms with Gasteiger partial charge in [0, 0.05) is 29.6 Å². The number of hydrogen-bond donors (Lipinski definition) is 1. The Bertz CT molecular complexity index is 724. The molecule has 2 aromatic heterocycles. The van der Waals surface area contributed by atoms with Crippen LogP contribution in [-0.2, 0) is 6.42 Å². The van der Waals surface area contributed by atoms with E-state index in [4.69, 9.17) is 21.9 Å². The van der Waals surface area contributed by atoms with Gasteiger partial charge in [-0.1, -0.05) is 16.8 Å². The van der Waals surface area contributed by atoms with Crippen molar-refractivity contribution in [2.24, 2.45) is 5.73 Å². The molecule has 4 nitrogen and oxygen atoms in total. The molecule has 3 rings (SSSR count). The molecule has 0 fully saturated rings. The molecule has 0 aliphatic heterocycles. The fraction of sp³-hybridized carbons (Fsp3) is 0.143. The van der Waals surface area contributed by atoms with E-state index < -0.39 is 0 Å². The second-order valence-corrected chi connectivity index (χ2v) is 4.62. The molecule has 0 saturated carbocycles. The van der Waals surface area contributed by atoms with Crippen molar-refractivity contribution < 1.29 is 4.52 Å². The quantitative estimate of drug-likeness (QED) is 0.796. The summed E-state index contributed by atoms with van der Waals surface area (Å²) in [5.74, 6) is 0.775. The monoisotopic (exact) mass is 273 g/mol. The summed E-state index contributed by atoms with van der Waals surface area (Å²) in [7, 11) is 0. The molecule has 0 spiro atoms. The molecule has 2 N–H and O–H groups in total. The molecule has 1 aromatic carbocycles. The van der Waals surface area contributed by atoms with Gasteiger partial charge >= 0.3 is 0 Å². The van der Waals surface area contributed by atoms with Crippen molar-refractivity contribution in [1.29, 1.82) is 0 Å². The lowest BCUT2D eigenvalue weighted by Gasteiger charge is -2.03. The third kappa shape index (κ3) is 2.20. The molecule has 19 heavy (non-hydrogen) atoms. The van der Waals surface area contributed by atoms with Crippen LogP contribution in [0.3, 0.4) is 0 Å². The maximum Gasteiger partial charge on any atom is 0.138 e. The average Bonchev–Trinajstić information content (AvgIpc) is 2.88. The van der Waals surface area contributed by atoms with Crippen LogP contribution in [0.5, 0.6) is 0 Å². The van der Waals surface area contributed by atoms with E-state index in [1.54, 1.807) is 6.20 Å². The minimum Gasteiger partial charge on any atom is -0.361 e. The Morgan fingerprint density at radius 3 is 3.00 bits per heavy atom. The lowest BCUT2D eigenvalue weighted by Crippen LogP contribution is -2.01. The predicted octanol–water partition coefficient (Wildman–Crippen LogP) is 3.04. The molecular formula is C14H12ClN3O. The average molecular weight is 274 g/mol. The van der Waals surface area contributed by atoms with Crippen LogP contribution in [0.25, 0.3) is 22.2 Å². The lowest BCUT2D eigenvalue weighted by molar-refractivity contribution is 0.386. The highest BCUT2D eigenvalue weighted by atomic mass is 35.5. The first-order valence-corrected chi connectivity index (χ1v) is 6.36. The van der Waals surface area contributed by atoms with Crippen molar-refractivity contribution in [3.05, 3.63) is 47.3 Å². The Labute approximate surface area is 115 Å². The van der Waals surface area contributed by atoms with E-state index in [-0.39, 0.29) is 0 Å². The zero-order chi connectivity index (χ0) is 13.2.